The molecule has 1 aliphatic rings. The molecule has 1 N–H and O–H groups in total. The lowest BCUT2D eigenvalue weighted by molar-refractivity contribution is -0.282. The second-order valence-electron chi connectivity index (χ2n) is 13.5. The quantitative estimate of drug-likeness (QED) is 0.0849. The second-order valence-corrected chi connectivity index (χ2v) is 13.5. The fourth-order valence-electron chi connectivity index (χ4n) is 6.41. The van der Waals surface area contributed by atoms with Crippen molar-refractivity contribution in [3.63, 3.8) is 0 Å². The smallest absolute Gasteiger partial charge is 0.339 e. The van der Waals surface area contributed by atoms with Crippen molar-refractivity contribution >= 4 is 40.8 Å². The average Bonchev–Trinajstić information content (AvgIpc) is 3.22. The van der Waals surface area contributed by atoms with E-state index in [-0.39, 0.29) is 47.4 Å². The Morgan fingerprint density at radius 1 is 0.672 bits per heavy atom. The van der Waals surface area contributed by atoms with Gasteiger partial charge in [-0.05, 0) is 29.3 Å². The molecule has 6 rings (SSSR count). The molecule has 0 spiro atoms. The molecule has 0 bridgehead atoms. The highest BCUT2D eigenvalue weighted by molar-refractivity contribution is 5.88. The van der Waals surface area contributed by atoms with Gasteiger partial charge in [0.15, 0.2) is 35.6 Å². The summed E-state index contributed by atoms with van der Waals surface area (Å²) in [5, 5.41) is 10.9. The maximum absolute atomic E-state index is 14.7. The van der Waals surface area contributed by atoms with Gasteiger partial charge in [-0.2, -0.15) is 0 Å². The number of benzene rings is 4. The summed E-state index contributed by atoms with van der Waals surface area (Å²) >= 11 is 0. The Morgan fingerprint density at radius 2 is 1.26 bits per heavy atom. The van der Waals surface area contributed by atoms with Crippen molar-refractivity contribution in [1.29, 1.82) is 0 Å². The molecule has 0 aliphatic carbocycles. The lowest BCUT2D eigenvalue weighted by atomic mass is 9.97. The third-order valence-electron chi connectivity index (χ3n) is 8.92. The van der Waals surface area contributed by atoms with Crippen molar-refractivity contribution in [2.24, 2.45) is 0 Å². The largest absolute Gasteiger partial charge is 0.507 e. The SMILES string of the molecule is COC(=O)[C@H]1O[C@@H](Oc2c(-c3ccc(OCc4ccccc4)c(OC(C)=O)c3)oc3cc(OCc4ccccc4)cc(O)c3c2=O)[C@H](OC(C)=O)[C@@H](OC(C)=O)[C@@H]1OC(C)=O. The van der Waals surface area contributed by atoms with Crippen LogP contribution in [0.5, 0.6) is 28.7 Å². The van der Waals surface area contributed by atoms with Gasteiger partial charge in [-0.3, -0.25) is 24.0 Å². The summed E-state index contributed by atoms with van der Waals surface area (Å²) in [6.45, 7) is 4.40. The fourth-order valence-corrected chi connectivity index (χ4v) is 6.41. The zero-order valence-corrected chi connectivity index (χ0v) is 33.4. The standard InChI is InChI=1S/C44H40O17/c1-23(45)55-33-18-29(16-17-32(33)54-22-28-14-10-7-11-15-28)37-38(36(50)35-31(49)19-30(20-34(35)59-37)53-21-27-12-8-6-9-13-27)60-44-42(58-26(4)48)40(57-25(3)47)39(56-24(2)46)41(61-44)43(51)52-5/h6-20,39-42,44,49H,21-22H2,1-5H3/t39-,40-,41-,42+,44+/m0/s1. The molecule has 5 aromatic rings. The molecule has 2 heterocycles. The van der Waals surface area contributed by atoms with E-state index in [0.717, 1.165) is 39.0 Å². The van der Waals surface area contributed by atoms with Gasteiger partial charge in [-0.25, -0.2) is 4.79 Å². The summed E-state index contributed by atoms with van der Waals surface area (Å²) in [6.07, 6.45) is -9.19. The van der Waals surface area contributed by atoms with Crippen molar-refractivity contribution < 1.29 is 76.1 Å². The van der Waals surface area contributed by atoms with E-state index in [1.807, 2.05) is 60.7 Å². The van der Waals surface area contributed by atoms with Crippen LogP contribution in [0.4, 0.5) is 0 Å². The highest BCUT2D eigenvalue weighted by Crippen LogP contribution is 2.41. The van der Waals surface area contributed by atoms with Crippen LogP contribution in [0.15, 0.2) is 100 Å². The molecular weight excluding hydrogens is 800 g/mol. The monoisotopic (exact) mass is 840 g/mol. The molecule has 1 aliphatic heterocycles. The van der Waals surface area contributed by atoms with E-state index in [9.17, 15) is 33.9 Å². The van der Waals surface area contributed by atoms with Crippen molar-refractivity contribution in [3.8, 4) is 40.1 Å². The van der Waals surface area contributed by atoms with Crippen molar-refractivity contribution in [2.75, 3.05) is 7.11 Å². The summed E-state index contributed by atoms with van der Waals surface area (Å²) in [7, 11) is 1.01. The van der Waals surface area contributed by atoms with Crippen LogP contribution in [-0.2, 0) is 60.9 Å². The van der Waals surface area contributed by atoms with Crippen LogP contribution in [0.1, 0.15) is 38.8 Å². The maximum Gasteiger partial charge on any atom is 0.339 e. The van der Waals surface area contributed by atoms with Gasteiger partial charge in [0, 0.05) is 45.4 Å². The minimum atomic E-state index is -2.00. The zero-order valence-electron chi connectivity index (χ0n) is 33.4. The Hall–Kier alpha value is -7.40. The molecule has 0 radical (unpaired) electrons. The first-order valence-electron chi connectivity index (χ1n) is 18.6. The van der Waals surface area contributed by atoms with Gasteiger partial charge >= 0.3 is 29.8 Å². The third-order valence-corrected chi connectivity index (χ3v) is 8.92. The predicted octanol–water partition coefficient (Wildman–Crippen LogP) is 5.32. The van der Waals surface area contributed by atoms with Gasteiger partial charge < -0.3 is 52.2 Å². The van der Waals surface area contributed by atoms with Gasteiger partial charge in [0.25, 0.3) is 0 Å². The number of esters is 5. The number of carbonyl (C=O) groups excluding carboxylic acids is 5. The summed E-state index contributed by atoms with van der Waals surface area (Å²) < 4.78 is 57.1. The molecule has 0 saturated carbocycles. The van der Waals surface area contributed by atoms with Crippen LogP contribution >= 0.6 is 0 Å². The summed E-state index contributed by atoms with van der Waals surface area (Å²) in [5.41, 5.74) is 0.474. The van der Waals surface area contributed by atoms with E-state index in [2.05, 4.69) is 0 Å². The number of fused-ring (bicyclic) bond motifs is 1. The number of methoxy groups -OCH3 is 1. The van der Waals surface area contributed by atoms with Crippen LogP contribution in [0, 0.1) is 0 Å². The number of aromatic hydroxyl groups is 1. The predicted molar refractivity (Wildman–Crippen MR) is 210 cm³/mol. The Morgan fingerprint density at radius 3 is 1.85 bits per heavy atom. The van der Waals surface area contributed by atoms with E-state index in [1.54, 1.807) is 0 Å². The number of phenolic OH excluding ortho intramolecular Hbond substituents is 1. The molecule has 1 aromatic heterocycles. The molecule has 4 aromatic carbocycles. The lowest BCUT2D eigenvalue weighted by Crippen LogP contribution is -2.64. The second kappa shape index (κ2) is 19.1. The fraction of sp³-hybridized carbons (Fsp3) is 0.273. The van der Waals surface area contributed by atoms with Gasteiger partial charge in [0.05, 0.1) is 7.11 Å². The first kappa shape index (κ1) is 43.2. The summed E-state index contributed by atoms with van der Waals surface area (Å²) in [5.74, 6) is -6.14. The molecule has 1 fully saturated rings. The first-order valence-corrected chi connectivity index (χ1v) is 18.6. The Labute approximate surface area is 347 Å². The van der Waals surface area contributed by atoms with Crippen LogP contribution in [-0.4, -0.2) is 72.8 Å². The zero-order chi connectivity index (χ0) is 43.8. The molecular formula is C44H40O17. The van der Waals surface area contributed by atoms with Crippen molar-refractivity contribution in [1.82, 2.24) is 0 Å². The van der Waals surface area contributed by atoms with E-state index >= 15 is 0 Å². The first-order chi connectivity index (χ1) is 29.2. The van der Waals surface area contributed by atoms with Crippen molar-refractivity contribution in [3.05, 3.63) is 112 Å². The number of hydrogen-bond donors (Lipinski definition) is 1. The minimum Gasteiger partial charge on any atom is -0.507 e. The van der Waals surface area contributed by atoms with Gasteiger partial charge in [0.2, 0.25) is 23.6 Å². The Balaban J connectivity index is 1.52. The summed E-state index contributed by atoms with van der Waals surface area (Å²) in [4.78, 5) is 77.4. The van der Waals surface area contributed by atoms with Gasteiger partial charge in [-0.1, -0.05) is 60.7 Å². The number of ether oxygens (including phenoxy) is 9. The summed E-state index contributed by atoms with van der Waals surface area (Å²) in [6, 6.07) is 25.1. The molecule has 17 heteroatoms. The molecule has 5 atom stereocenters. The van der Waals surface area contributed by atoms with Crippen molar-refractivity contribution in [2.45, 2.75) is 71.6 Å². The van der Waals surface area contributed by atoms with Crippen LogP contribution in [0.2, 0.25) is 0 Å². The van der Waals surface area contributed by atoms with Gasteiger partial charge in [0.1, 0.15) is 35.7 Å². The number of phenols is 1. The van der Waals surface area contributed by atoms with E-state index in [4.69, 9.17) is 47.0 Å². The molecule has 17 nitrogen and oxygen atoms in total. The maximum atomic E-state index is 14.7. The molecule has 61 heavy (non-hydrogen) atoms. The number of hydrogen-bond acceptors (Lipinski definition) is 17. The van der Waals surface area contributed by atoms with E-state index in [0.29, 0.717) is 0 Å². The van der Waals surface area contributed by atoms with E-state index < -0.39 is 82.9 Å². The molecule has 0 amide bonds. The van der Waals surface area contributed by atoms with Gasteiger partial charge in [-0.15, -0.1) is 0 Å². The Kier molecular flexibility index (Phi) is 13.5. The van der Waals surface area contributed by atoms with E-state index in [1.165, 1.54) is 37.3 Å². The molecule has 0 unspecified atom stereocenters. The highest BCUT2D eigenvalue weighted by Gasteiger charge is 2.56. The van der Waals surface area contributed by atoms with Crippen LogP contribution in [0.25, 0.3) is 22.3 Å². The number of rotatable bonds is 14. The highest BCUT2D eigenvalue weighted by atomic mass is 16.7. The molecule has 1 saturated heterocycles. The number of carbonyl (C=O) groups is 5. The third kappa shape index (κ3) is 10.4. The topological polar surface area (TPSA) is 219 Å². The lowest BCUT2D eigenvalue weighted by Gasteiger charge is -2.43. The minimum absolute atomic E-state index is 0.0473. The normalized spacial score (nSPS) is 18.3. The van der Waals surface area contributed by atoms with Crippen LogP contribution < -0.4 is 24.4 Å². The van der Waals surface area contributed by atoms with Crippen LogP contribution in [0.3, 0.4) is 0 Å². The average molecular weight is 841 g/mol. The molecule has 318 valence electrons. The Bertz CT molecular complexity index is 2480.